The topological polar surface area (TPSA) is 55.6 Å². The summed E-state index contributed by atoms with van der Waals surface area (Å²) in [5.41, 5.74) is 5.28. The second kappa shape index (κ2) is 9.16. The molecule has 0 radical (unpaired) electrons. The molecular weight excluding hydrogens is 386 g/mol. The fourth-order valence-electron chi connectivity index (χ4n) is 3.85. The number of aryl methyl sites for hydroxylation is 1. The van der Waals surface area contributed by atoms with E-state index in [9.17, 15) is 0 Å². The normalized spacial score (nSPS) is 11.9. The number of benzene rings is 2. The third-order valence-corrected chi connectivity index (χ3v) is 5.65. The molecule has 6 nitrogen and oxygen atoms in total. The monoisotopic (exact) mass is 415 g/mol. The van der Waals surface area contributed by atoms with Crippen molar-refractivity contribution < 1.29 is 4.74 Å². The molecular formula is C25H29N5O. The number of nitrogens with zero attached hydrogens (tertiary/aromatic N) is 5. The molecule has 0 aliphatic carbocycles. The highest BCUT2D eigenvalue weighted by molar-refractivity contribution is 5.68. The number of fused-ring (bicyclic) bond motifs is 1. The van der Waals surface area contributed by atoms with E-state index in [0.29, 0.717) is 5.82 Å². The van der Waals surface area contributed by atoms with Crippen LogP contribution in [0, 0.1) is 6.92 Å². The van der Waals surface area contributed by atoms with Crippen LogP contribution >= 0.6 is 0 Å². The summed E-state index contributed by atoms with van der Waals surface area (Å²) in [6.07, 6.45) is 6.39. The lowest BCUT2D eigenvalue weighted by atomic mass is 10.1. The van der Waals surface area contributed by atoms with Gasteiger partial charge in [-0.25, -0.2) is 0 Å². The molecule has 4 aromatic rings. The predicted octanol–water partition coefficient (Wildman–Crippen LogP) is 4.28. The van der Waals surface area contributed by atoms with E-state index in [2.05, 4.69) is 65.2 Å². The smallest absolute Gasteiger partial charge is 0.189 e. The summed E-state index contributed by atoms with van der Waals surface area (Å²) in [5, 5.41) is 14.3. The largest absolute Gasteiger partial charge is 0.496 e. The number of hydrogen-bond donors (Lipinski definition) is 0. The fourth-order valence-corrected chi connectivity index (χ4v) is 3.85. The van der Waals surface area contributed by atoms with Crippen LogP contribution in [0.25, 0.3) is 23.1 Å². The lowest BCUT2D eigenvalue weighted by molar-refractivity contribution is 0.416. The molecule has 0 atom stereocenters. The molecule has 0 spiro atoms. The number of hydrogen-bond acceptors (Lipinski definition) is 5. The quantitative estimate of drug-likeness (QED) is 0.430. The summed E-state index contributed by atoms with van der Waals surface area (Å²) in [7, 11) is 1.66. The molecule has 0 saturated carbocycles. The Hall–Kier alpha value is -3.41. The molecule has 0 amide bonds. The molecule has 0 aliphatic heterocycles. The van der Waals surface area contributed by atoms with Gasteiger partial charge in [0.15, 0.2) is 11.5 Å². The number of aromatic nitrogens is 4. The number of ether oxygens (including phenoxy) is 1. The first kappa shape index (κ1) is 20.8. The van der Waals surface area contributed by atoms with Crippen molar-refractivity contribution in [2.75, 3.05) is 25.1 Å². The van der Waals surface area contributed by atoms with Crippen LogP contribution in [0.3, 0.4) is 0 Å². The van der Waals surface area contributed by atoms with E-state index in [1.54, 1.807) is 11.6 Å². The van der Waals surface area contributed by atoms with Crippen molar-refractivity contribution in [1.29, 1.82) is 0 Å². The van der Waals surface area contributed by atoms with Crippen molar-refractivity contribution in [3.63, 3.8) is 0 Å². The van der Waals surface area contributed by atoms with Gasteiger partial charge in [-0.15, -0.1) is 10.2 Å². The van der Waals surface area contributed by atoms with E-state index in [-0.39, 0.29) is 0 Å². The molecule has 6 heteroatoms. The number of methoxy groups -OCH3 is 1. The van der Waals surface area contributed by atoms with Crippen LogP contribution in [0.15, 0.2) is 48.7 Å². The van der Waals surface area contributed by atoms with E-state index < -0.39 is 0 Å². The molecule has 0 bridgehead atoms. The molecule has 0 unspecified atom stereocenters. The number of rotatable bonds is 8. The van der Waals surface area contributed by atoms with Gasteiger partial charge in [0.05, 0.1) is 18.9 Å². The van der Waals surface area contributed by atoms with Crippen molar-refractivity contribution in [1.82, 2.24) is 19.8 Å². The Morgan fingerprint density at radius 3 is 2.68 bits per heavy atom. The SMILES string of the molecule is CCCCN(CC)c1ccc(/C=c2/cnn3c(-c4ccccc4OC)nnc23)c(C)c1. The first-order chi connectivity index (χ1) is 15.2. The first-order valence-corrected chi connectivity index (χ1v) is 10.9. The maximum atomic E-state index is 5.48. The van der Waals surface area contributed by atoms with Crippen molar-refractivity contribution >= 4 is 17.4 Å². The summed E-state index contributed by atoms with van der Waals surface area (Å²) < 4.78 is 7.25. The lowest BCUT2D eigenvalue weighted by Crippen LogP contribution is -2.23. The third kappa shape index (κ3) is 4.10. The zero-order valence-electron chi connectivity index (χ0n) is 18.7. The third-order valence-electron chi connectivity index (χ3n) is 5.65. The zero-order chi connectivity index (χ0) is 21.8. The van der Waals surface area contributed by atoms with E-state index in [1.807, 2.05) is 30.5 Å². The van der Waals surface area contributed by atoms with Crippen molar-refractivity contribution in [2.45, 2.75) is 33.6 Å². The predicted molar refractivity (Wildman–Crippen MR) is 126 cm³/mol. The van der Waals surface area contributed by atoms with Gasteiger partial charge in [0.25, 0.3) is 0 Å². The van der Waals surface area contributed by atoms with E-state index >= 15 is 0 Å². The second-order valence-corrected chi connectivity index (χ2v) is 7.68. The molecule has 2 aromatic carbocycles. The zero-order valence-corrected chi connectivity index (χ0v) is 18.7. The van der Waals surface area contributed by atoms with Gasteiger partial charge in [-0.2, -0.15) is 9.61 Å². The molecule has 2 heterocycles. The summed E-state index contributed by atoms with van der Waals surface area (Å²) in [6.45, 7) is 8.70. The number of anilines is 1. The van der Waals surface area contributed by atoms with Crippen LogP contribution < -0.4 is 14.9 Å². The Morgan fingerprint density at radius 1 is 1.10 bits per heavy atom. The molecule has 0 N–H and O–H groups in total. The van der Waals surface area contributed by atoms with Gasteiger partial charge in [0, 0.05) is 24.0 Å². The molecule has 2 aromatic heterocycles. The maximum absolute atomic E-state index is 5.48. The van der Waals surface area contributed by atoms with Gasteiger partial charge in [-0.1, -0.05) is 31.5 Å². The highest BCUT2D eigenvalue weighted by Gasteiger charge is 2.15. The first-order valence-electron chi connectivity index (χ1n) is 10.9. The highest BCUT2D eigenvalue weighted by Crippen LogP contribution is 2.27. The van der Waals surface area contributed by atoms with Gasteiger partial charge < -0.3 is 9.64 Å². The lowest BCUT2D eigenvalue weighted by Gasteiger charge is -2.23. The van der Waals surface area contributed by atoms with E-state index in [4.69, 9.17) is 4.74 Å². The Morgan fingerprint density at radius 2 is 1.94 bits per heavy atom. The van der Waals surface area contributed by atoms with Crippen molar-refractivity contribution in [2.24, 2.45) is 0 Å². The second-order valence-electron chi connectivity index (χ2n) is 7.68. The Balaban J connectivity index is 1.70. The molecule has 0 fully saturated rings. The molecule has 160 valence electrons. The van der Waals surface area contributed by atoms with Gasteiger partial charge in [-0.3, -0.25) is 0 Å². The molecule has 4 rings (SSSR count). The Bertz CT molecular complexity index is 1230. The summed E-state index contributed by atoms with van der Waals surface area (Å²) in [4.78, 5) is 2.43. The van der Waals surface area contributed by atoms with E-state index in [0.717, 1.165) is 40.8 Å². The molecule has 0 aliphatic rings. The summed E-state index contributed by atoms with van der Waals surface area (Å²) in [5.74, 6) is 1.42. The number of para-hydroxylation sites is 1. The fraction of sp³-hybridized carbons (Fsp3) is 0.320. The number of unbranched alkanes of at least 4 members (excludes halogenated alkanes) is 1. The van der Waals surface area contributed by atoms with Crippen LogP contribution in [0.2, 0.25) is 0 Å². The van der Waals surface area contributed by atoms with Crippen LogP contribution in [0.1, 0.15) is 37.8 Å². The van der Waals surface area contributed by atoms with Crippen LogP contribution in [-0.2, 0) is 0 Å². The minimum Gasteiger partial charge on any atom is -0.496 e. The molecule has 0 saturated heterocycles. The standard InChI is InChI=1S/C25H29N5O/c1-5-7-14-29(6-2)21-13-12-19(18(3)15-21)16-20-17-26-30-24(20)27-28-25(30)22-10-8-9-11-23(22)31-4/h8-13,15-17H,5-7,14H2,1-4H3/b20-16-. The molecule has 31 heavy (non-hydrogen) atoms. The van der Waals surface area contributed by atoms with Gasteiger partial charge in [0.1, 0.15) is 5.75 Å². The van der Waals surface area contributed by atoms with Gasteiger partial charge in [0.2, 0.25) is 0 Å². The average molecular weight is 416 g/mol. The summed E-state index contributed by atoms with van der Waals surface area (Å²) >= 11 is 0. The highest BCUT2D eigenvalue weighted by atomic mass is 16.5. The minimum absolute atomic E-state index is 0.675. The van der Waals surface area contributed by atoms with Crippen molar-refractivity contribution in [3.05, 3.63) is 65.0 Å². The van der Waals surface area contributed by atoms with Crippen LogP contribution in [0.4, 0.5) is 5.69 Å². The maximum Gasteiger partial charge on any atom is 0.189 e. The Labute approximate surface area is 183 Å². The van der Waals surface area contributed by atoms with Gasteiger partial charge >= 0.3 is 0 Å². The van der Waals surface area contributed by atoms with Crippen LogP contribution in [-0.4, -0.2) is 40.0 Å². The van der Waals surface area contributed by atoms with Crippen molar-refractivity contribution in [3.8, 4) is 17.1 Å². The van der Waals surface area contributed by atoms with Gasteiger partial charge in [-0.05, 0) is 61.7 Å². The van der Waals surface area contributed by atoms with Crippen LogP contribution in [0.5, 0.6) is 5.75 Å². The minimum atomic E-state index is 0.675. The average Bonchev–Trinajstić information content (AvgIpc) is 3.39. The van der Waals surface area contributed by atoms with E-state index in [1.165, 1.54) is 24.1 Å². The Kier molecular flexibility index (Phi) is 6.16. The summed E-state index contributed by atoms with van der Waals surface area (Å²) in [6, 6.07) is 14.4.